The van der Waals surface area contributed by atoms with Crippen LogP contribution in [0.2, 0.25) is 0 Å². The highest BCUT2D eigenvalue weighted by Crippen LogP contribution is 2.36. The van der Waals surface area contributed by atoms with Crippen molar-refractivity contribution >= 4 is 45.9 Å². The molecule has 43 heavy (non-hydrogen) atoms. The summed E-state index contributed by atoms with van der Waals surface area (Å²) in [5.41, 5.74) is 3.36. The number of aliphatic hydroxyl groups excluding tert-OH is 1. The molecule has 0 atom stereocenters. The number of hydrogen-bond donors (Lipinski definition) is 2. The number of rotatable bonds is 11. The Morgan fingerprint density at radius 1 is 1.09 bits per heavy atom. The summed E-state index contributed by atoms with van der Waals surface area (Å²) in [5.74, 6) is 1.70. The van der Waals surface area contributed by atoms with E-state index >= 15 is 0 Å². The van der Waals surface area contributed by atoms with Crippen LogP contribution >= 0.6 is 11.3 Å². The molecule has 1 amide bonds. The maximum Gasteiger partial charge on any atom is 0.350 e. The lowest BCUT2D eigenvalue weighted by molar-refractivity contribution is 0.0530. The maximum atomic E-state index is 12.8. The average molecular weight is 610 g/mol. The Kier molecular flexibility index (Phi) is 10.1. The number of benzene rings is 1. The van der Waals surface area contributed by atoms with Crippen molar-refractivity contribution in [2.45, 2.75) is 40.2 Å². The summed E-state index contributed by atoms with van der Waals surface area (Å²) in [4.78, 5) is 46.3. The van der Waals surface area contributed by atoms with Crippen LogP contribution in [-0.4, -0.2) is 96.0 Å². The Labute approximate surface area is 255 Å². The second-order valence-corrected chi connectivity index (χ2v) is 11.4. The van der Waals surface area contributed by atoms with E-state index in [-0.39, 0.29) is 18.5 Å². The van der Waals surface area contributed by atoms with E-state index in [4.69, 9.17) is 19.4 Å². The third-order valence-electron chi connectivity index (χ3n) is 7.52. The maximum absolute atomic E-state index is 12.8. The molecule has 2 N–H and O–H groups in total. The molecule has 0 spiro atoms. The van der Waals surface area contributed by atoms with Crippen molar-refractivity contribution in [2.24, 2.45) is 0 Å². The lowest BCUT2D eigenvalue weighted by Gasteiger charge is -2.35. The molecule has 2 aliphatic rings. The Balaban J connectivity index is 1.43. The Bertz CT molecular complexity index is 1420. The average Bonchev–Trinajstić information content (AvgIpc) is 3.40. The molecule has 0 bridgehead atoms. The molecule has 0 saturated carbocycles. The van der Waals surface area contributed by atoms with Gasteiger partial charge in [-0.3, -0.25) is 10.1 Å². The van der Waals surface area contributed by atoms with Crippen LogP contribution in [0.1, 0.15) is 57.1 Å². The predicted octanol–water partition coefficient (Wildman–Crippen LogP) is 3.41. The minimum Gasteiger partial charge on any atom is -0.462 e. The number of anilines is 4. The van der Waals surface area contributed by atoms with Crippen molar-refractivity contribution in [3.63, 3.8) is 0 Å². The molecule has 1 fully saturated rings. The number of likely N-dealkylation sites (N-methyl/N-ethyl adjacent to an activating group) is 1. The number of thiazole rings is 1. The molecule has 230 valence electrons. The number of morpholine rings is 1. The lowest BCUT2D eigenvalue weighted by atomic mass is 10.0. The number of nitrogens with one attached hydrogen (secondary N) is 1. The largest absolute Gasteiger partial charge is 0.462 e. The normalized spacial score (nSPS) is 14.8. The molecule has 0 aliphatic carbocycles. The van der Waals surface area contributed by atoms with E-state index in [1.807, 2.05) is 31.2 Å². The second-order valence-electron chi connectivity index (χ2n) is 10.4. The number of amides is 1. The third kappa shape index (κ3) is 7.06. The summed E-state index contributed by atoms with van der Waals surface area (Å²) in [6, 6.07) is 7.65. The van der Waals surface area contributed by atoms with Gasteiger partial charge in [0.2, 0.25) is 5.95 Å². The zero-order chi connectivity index (χ0) is 30.3. The highest BCUT2D eigenvalue weighted by Gasteiger charge is 2.28. The van der Waals surface area contributed by atoms with Gasteiger partial charge in [-0.05, 0) is 51.3 Å². The molecular formula is C30H39N7O5S. The smallest absolute Gasteiger partial charge is 0.350 e. The first-order valence-electron chi connectivity index (χ1n) is 14.8. The molecule has 0 unspecified atom stereocenters. The lowest BCUT2D eigenvalue weighted by Crippen LogP contribution is -2.39. The summed E-state index contributed by atoms with van der Waals surface area (Å²) in [6.45, 7) is 10.8. The van der Waals surface area contributed by atoms with E-state index in [0.29, 0.717) is 66.7 Å². The topological polar surface area (TPSA) is 133 Å². The zero-order valence-corrected chi connectivity index (χ0v) is 25.8. The fourth-order valence-corrected chi connectivity index (χ4v) is 6.21. The third-order valence-corrected chi connectivity index (χ3v) is 8.57. The van der Waals surface area contributed by atoms with E-state index in [0.717, 1.165) is 55.2 Å². The van der Waals surface area contributed by atoms with Crippen LogP contribution in [0.3, 0.4) is 0 Å². The van der Waals surface area contributed by atoms with E-state index in [2.05, 4.69) is 20.1 Å². The van der Waals surface area contributed by atoms with Gasteiger partial charge in [0, 0.05) is 50.4 Å². The van der Waals surface area contributed by atoms with Gasteiger partial charge in [0.05, 0.1) is 32.1 Å². The Morgan fingerprint density at radius 2 is 1.84 bits per heavy atom. The number of carbonyl (C=O) groups is 2. The van der Waals surface area contributed by atoms with E-state index in [1.165, 1.54) is 11.3 Å². The van der Waals surface area contributed by atoms with Gasteiger partial charge in [-0.2, -0.15) is 9.97 Å². The summed E-state index contributed by atoms with van der Waals surface area (Å²) in [7, 11) is 0. The number of hydrogen-bond acceptors (Lipinski definition) is 12. The standard InChI is InChI=1S/C30H39N7O5S/c1-4-35(13-16-38)27(39)22-10-8-21(9-11-22)19-37-12-6-7-23-25(36-14-17-41-18-15-36)32-29(33-26(23)37)34-30-31-20(3)24(43-30)28(40)42-5-2/h8-11,38H,4-7,12-19H2,1-3H3,(H,31,32,33,34). The zero-order valence-electron chi connectivity index (χ0n) is 25.0. The molecule has 0 radical (unpaired) electrons. The van der Waals surface area contributed by atoms with E-state index in [1.54, 1.807) is 18.7 Å². The second kappa shape index (κ2) is 14.1. The number of fused-ring (bicyclic) bond motifs is 1. The van der Waals surface area contributed by atoms with Crippen LogP contribution in [0.5, 0.6) is 0 Å². The minimum absolute atomic E-state index is 0.0636. The van der Waals surface area contributed by atoms with Gasteiger partial charge in [-0.15, -0.1) is 0 Å². The van der Waals surface area contributed by atoms with Gasteiger partial charge < -0.3 is 29.3 Å². The molecule has 2 aromatic heterocycles. The molecule has 12 nitrogen and oxygen atoms in total. The van der Waals surface area contributed by atoms with E-state index < -0.39 is 0 Å². The van der Waals surface area contributed by atoms with Crippen LogP contribution in [0.15, 0.2) is 24.3 Å². The predicted molar refractivity (Wildman–Crippen MR) is 166 cm³/mol. The molecule has 1 aromatic carbocycles. The van der Waals surface area contributed by atoms with Gasteiger partial charge in [0.25, 0.3) is 5.91 Å². The highest BCUT2D eigenvalue weighted by molar-refractivity contribution is 7.17. The van der Waals surface area contributed by atoms with Crippen molar-refractivity contribution in [1.82, 2.24) is 19.9 Å². The SMILES string of the molecule is CCOC(=O)c1sc(Nc2nc(N3CCOCC3)c3c(n2)N(Cc2ccc(C(=O)N(CC)CCO)cc2)CCC3)nc1C. The van der Waals surface area contributed by atoms with E-state index in [9.17, 15) is 14.7 Å². The number of nitrogens with zero attached hydrogens (tertiary/aromatic N) is 6. The molecule has 3 aromatic rings. The highest BCUT2D eigenvalue weighted by atomic mass is 32.1. The van der Waals surface area contributed by atoms with Crippen molar-refractivity contribution < 1.29 is 24.2 Å². The molecule has 4 heterocycles. The minimum atomic E-state index is -0.388. The summed E-state index contributed by atoms with van der Waals surface area (Å²) >= 11 is 1.23. The molecular weight excluding hydrogens is 570 g/mol. The number of aryl methyl sites for hydroxylation is 1. The van der Waals surface area contributed by atoms with Crippen LogP contribution in [0.25, 0.3) is 0 Å². The Morgan fingerprint density at radius 3 is 2.53 bits per heavy atom. The first-order chi connectivity index (χ1) is 20.9. The van der Waals surface area contributed by atoms with Crippen molar-refractivity contribution in [1.29, 1.82) is 0 Å². The van der Waals surface area contributed by atoms with Crippen LogP contribution < -0.4 is 15.1 Å². The van der Waals surface area contributed by atoms with Gasteiger partial charge in [-0.1, -0.05) is 23.5 Å². The monoisotopic (exact) mass is 609 g/mol. The fraction of sp³-hybridized carbons (Fsp3) is 0.500. The summed E-state index contributed by atoms with van der Waals surface area (Å²) < 4.78 is 10.8. The molecule has 1 saturated heterocycles. The van der Waals surface area contributed by atoms with Crippen molar-refractivity contribution in [3.8, 4) is 0 Å². The number of carbonyl (C=O) groups excluding carboxylic acids is 2. The quantitative estimate of drug-likeness (QED) is 0.310. The van der Waals surface area contributed by atoms with Crippen LogP contribution in [0, 0.1) is 6.92 Å². The summed E-state index contributed by atoms with van der Waals surface area (Å²) in [6.07, 6.45) is 1.84. The first-order valence-corrected chi connectivity index (χ1v) is 15.6. The summed E-state index contributed by atoms with van der Waals surface area (Å²) in [5, 5.41) is 13.1. The van der Waals surface area contributed by atoms with Crippen LogP contribution in [0.4, 0.5) is 22.7 Å². The fourth-order valence-electron chi connectivity index (χ4n) is 5.36. The van der Waals surface area contributed by atoms with Gasteiger partial charge >= 0.3 is 5.97 Å². The molecule has 2 aliphatic heterocycles. The number of aliphatic hydroxyl groups is 1. The number of esters is 1. The van der Waals surface area contributed by atoms with Gasteiger partial charge in [0.15, 0.2) is 5.13 Å². The molecule has 5 rings (SSSR count). The molecule has 13 heteroatoms. The van der Waals surface area contributed by atoms with Crippen LogP contribution in [-0.2, 0) is 22.4 Å². The number of aromatic nitrogens is 3. The van der Waals surface area contributed by atoms with Gasteiger partial charge in [-0.25, -0.2) is 9.78 Å². The number of ether oxygens (including phenoxy) is 2. The Hall–Kier alpha value is -3.81. The first kappa shape index (κ1) is 30.6. The van der Waals surface area contributed by atoms with Crippen molar-refractivity contribution in [2.75, 3.05) is 74.3 Å². The van der Waals surface area contributed by atoms with Gasteiger partial charge in [0.1, 0.15) is 16.5 Å². The van der Waals surface area contributed by atoms with Crippen molar-refractivity contribution in [3.05, 3.63) is 51.5 Å².